The summed E-state index contributed by atoms with van der Waals surface area (Å²) in [6, 6.07) is 12.8. The third-order valence-corrected chi connectivity index (χ3v) is 2.85. The average molecular weight is 239 g/mol. The molecule has 1 heterocycles. The topological polar surface area (TPSA) is 51.8 Å². The van der Waals surface area contributed by atoms with Gasteiger partial charge in [0.2, 0.25) is 0 Å². The van der Waals surface area contributed by atoms with Crippen molar-refractivity contribution in [2.75, 3.05) is 5.73 Å². The highest BCUT2D eigenvalue weighted by Crippen LogP contribution is 2.31. The van der Waals surface area contributed by atoms with Gasteiger partial charge in [-0.1, -0.05) is 36.4 Å². The fraction of sp³-hybridized carbons (Fsp3) is 0. The molecule has 0 unspecified atom stereocenters. The van der Waals surface area contributed by atoms with Crippen LogP contribution in [0.4, 0.5) is 10.2 Å². The maximum absolute atomic E-state index is 13.7. The number of nitrogen functional groups attached to an aromatic ring is 1. The van der Waals surface area contributed by atoms with E-state index in [1.54, 1.807) is 6.07 Å². The lowest BCUT2D eigenvalue weighted by molar-refractivity contribution is 0.636. The second-order valence-electron chi connectivity index (χ2n) is 3.94. The molecule has 0 bridgehead atoms. The normalized spacial score (nSPS) is 10.7. The van der Waals surface area contributed by atoms with E-state index in [-0.39, 0.29) is 5.52 Å². The molecule has 0 fully saturated rings. The summed E-state index contributed by atoms with van der Waals surface area (Å²) in [4.78, 5) is 7.90. The van der Waals surface area contributed by atoms with Crippen LogP contribution in [0.25, 0.3) is 22.0 Å². The second-order valence-corrected chi connectivity index (χ2v) is 3.94. The third-order valence-electron chi connectivity index (χ3n) is 2.85. The van der Waals surface area contributed by atoms with Gasteiger partial charge >= 0.3 is 0 Å². The molecule has 0 spiro atoms. The van der Waals surface area contributed by atoms with Crippen molar-refractivity contribution in [1.82, 2.24) is 9.97 Å². The van der Waals surface area contributed by atoms with E-state index in [4.69, 9.17) is 5.73 Å². The Morgan fingerprint density at radius 1 is 0.944 bits per heavy atom. The Labute approximate surface area is 103 Å². The monoisotopic (exact) mass is 239 g/mol. The molecule has 1 aromatic heterocycles. The molecule has 18 heavy (non-hydrogen) atoms. The van der Waals surface area contributed by atoms with E-state index < -0.39 is 5.82 Å². The molecular weight excluding hydrogens is 229 g/mol. The van der Waals surface area contributed by atoms with Crippen LogP contribution in [0.5, 0.6) is 0 Å². The molecule has 3 aromatic rings. The molecule has 0 aliphatic heterocycles. The molecule has 0 saturated carbocycles. The van der Waals surface area contributed by atoms with Crippen molar-refractivity contribution in [3.63, 3.8) is 0 Å². The van der Waals surface area contributed by atoms with Gasteiger partial charge in [-0.2, -0.15) is 0 Å². The highest BCUT2D eigenvalue weighted by molar-refractivity contribution is 6.01. The van der Waals surface area contributed by atoms with Gasteiger partial charge in [0.1, 0.15) is 23.5 Å². The van der Waals surface area contributed by atoms with Crippen LogP contribution in [-0.2, 0) is 0 Å². The standard InChI is InChI=1S/C14H10FN3/c15-11-7-6-10(9-4-2-1-3-5-9)12-13(11)17-8-18-14(12)16/h1-8H,(H2,16,17,18). The number of nitrogens with two attached hydrogens (primary N) is 1. The summed E-state index contributed by atoms with van der Waals surface area (Å²) in [6.07, 6.45) is 1.27. The summed E-state index contributed by atoms with van der Waals surface area (Å²) < 4.78 is 13.7. The fourth-order valence-corrected chi connectivity index (χ4v) is 2.02. The van der Waals surface area contributed by atoms with Gasteiger partial charge in [0.25, 0.3) is 0 Å². The molecular formula is C14H10FN3. The summed E-state index contributed by atoms with van der Waals surface area (Å²) in [7, 11) is 0. The van der Waals surface area contributed by atoms with E-state index in [9.17, 15) is 4.39 Å². The van der Waals surface area contributed by atoms with Crippen molar-refractivity contribution in [2.45, 2.75) is 0 Å². The predicted molar refractivity (Wildman–Crippen MR) is 69.3 cm³/mol. The lowest BCUT2D eigenvalue weighted by Gasteiger charge is -2.08. The van der Waals surface area contributed by atoms with Crippen molar-refractivity contribution in [3.05, 3.63) is 54.6 Å². The number of fused-ring (bicyclic) bond motifs is 1. The Balaban J connectivity index is 2.41. The van der Waals surface area contributed by atoms with Crippen LogP contribution < -0.4 is 5.73 Å². The van der Waals surface area contributed by atoms with Crippen molar-refractivity contribution in [3.8, 4) is 11.1 Å². The lowest BCUT2D eigenvalue weighted by Crippen LogP contribution is -1.97. The van der Waals surface area contributed by atoms with Gasteiger partial charge < -0.3 is 5.73 Å². The van der Waals surface area contributed by atoms with Gasteiger partial charge in [-0.05, 0) is 17.2 Å². The number of hydrogen-bond donors (Lipinski definition) is 1. The quantitative estimate of drug-likeness (QED) is 0.710. The molecule has 0 aliphatic rings. The number of aromatic nitrogens is 2. The highest BCUT2D eigenvalue weighted by atomic mass is 19.1. The minimum atomic E-state index is -0.390. The number of halogens is 1. The summed E-state index contributed by atoms with van der Waals surface area (Å²) in [6.45, 7) is 0. The zero-order chi connectivity index (χ0) is 12.5. The first kappa shape index (κ1) is 10.7. The maximum Gasteiger partial charge on any atom is 0.149 e. The van der Waals surface area contributed by atoms with Crippen LogP contribution in [0.3, 0.4) is 0 Å². The molecule has 0 atom stereocenters. The van der Waals surface area contributed by atoms with Gasteiger partial charge in [-0.15, -0.1) is 0 Å². The minimum absolute atomic E-state index is 0.254. The number of rotatable bonds is 1. The van der Waals surface area contributed by atoms with E-state index in [2.05, 4.69) is 9.97 Å². The average Bonchev–Trinajstić information content (AvgIpc) is 2.41. The van der Waals surface area contributed by atoms with Crippen molar-refractivity contribution in [1.29, 1.82) is 0 Å². The smallest absolute Gasteiger partial charge is 0.149 e. The Morgan fingerprint density at radius 3 is 2.50 bits per heavy atom. The van der Waals surface area contributed by atoms with Crippen LogP contribution in [0.2, 0.25) is 0 Å². The van der Waals surface area contributed by atoms with Crippen LogP contribution in [0, 0.1) is 5.82 Å². The second kappa shape index (κ2) is 4.07. The first-order valence-corrected chi connectivity index (χ1v) is 5.51. The molecule has 2 aromatic carbocycles. The molecule has 4 heteroatoms. The van der Waals surface area contributed by atoms with Crippen LogP contribution in [-0.4, -0.2) is 9.97 Å². The molecule has 0 radical (unpaired) electrons. The largest absolute Gasteiger partial charge is 0.383 e. The highest BCUT2D eigenvalue weighted by Gasteiger charge is 2.11. The summed E-state index contributed by atoms with van der Waals surface area (Å²) in [5.74, 6) is -0.0999. The molecule has 0 aliphatic carbocycles. The molecule has 3 nitrogen and oxygen atoms in total. The van der Waals surface area contributed by atoms with Crippen LogP contribution in [0.1, 0.15) is 0 Å². The maximum atomic E-state index is 13.7. The first-order chi connectivity index (χ1) is 8.77. The van der Waals surface area contributed by atoms with Crippen LogP contribution in [0.15, 0.2) is 48.8 Å². The number of hydrogen-bond acceptors (Lipinski definition) is 3. The van der Waals surface area contributed by atoms with Crippen molar-refractivity contribution >= 4 is 16.7 Å². The summed E-state index contributed by atoms with van der Waals surface area (Å²) in [5, 5.41) is 0.559. The van der Waals surface area contributed by atoms with Crippen molar-refractivity contribution in [2.24, 2.45) is 0 Å². The molecule has 0 amide bonds. The molecule has 88 valence electrons. The number of anilines is 1. The van der Waals surface area contributed by atoms with Crippen molar-refractivity contribution < 1.29 is 4.39 Å². The Kier molecular flexibility index (Phi) is 2.41. The third kappa shape index (κ3) is 1.59. The van der Waals surface area contributed by atoms with E-state index in [0.717, 1.165) is 11.1 Å². The van der Waals surface area contributed by atoms with Gasteiger partial charge in [-0.3, -0.25) is 0 Å². The van der Waals surface area contributed by atoms with Gasteiger partial charge in [0.05, 0.1) is 5.39 Å². The summed E-state index contributed by atoms with van der Waals surface area (Å²) in [5.41, 5.74) is 7.90. The van der Waals surface area contributed by atoms with Gasteiger partial charge in [0, 0.05) is 0 Å². The Hall–Kier alpha value is -2.49. The molecule has 2 N–H and O–H groups in total. The minimum Gasteiger partial charge on any atom is -0.383 e. The Bertz CT molecular complexity index is 711. The summed E-state index contributed by atoms with van der Waals surface area (Å²) >= 11 is 0. The van der Waals surface area contributed by atoms with Gasteiger partial charge in [-0.25, -0.2) is 14.4 Å². The van der Waals surface area contributed by atoms with E-state index in [1.807, 2.05) is 30.3 Å². The zero-order valence-electron chi connectivity index (χ0n) is 9.47. The van der Waals surface area contributed by atoms with E-state index in [1.165, 1.54) is 12.4 Å². The molecule has 0 saturated heterocycles. The predicted octanol–water partition coefficient (Wildman–Crippen LogP) is 3.02. The number of nitrogens with zero attached hydrogens (tertiary/aromatic N) is 2. The van der Waals surface area contributed by atoms with Gasteiger partial charge in [0.15, 0.2) is 0 Å². The fourth-order valence-electron chi connectivity index (χ4n) is 2.02. The Morgan fingerprint density at radius 2 is 1.72 bits per heavy atom. The van der Waals surface area contributed by atoms with E-state index in [0.29, 0.717) is 11.2 Å². The zero-order valence-corrected chi connectivity index (χ0v) is 9.47. The lowest BCUT2D eigenvalue weighted by atomic mass is 10.0. The first-order valence-electron chi connectivity index (χ1n) is 5.51. The van der Waals surface area contributed by atoms with Crippen LogP contribution >= 0.6 is 0 Å². The molecule has 3 rings (SSSR count). The number of benzene rings is 2. The van der Waals surface area contributed by atoms with E-state index >= 15 is 0 Å². The SMILES string of the molecule is Nc1ncnc2c(F)ccc(-c3ccccc3)c12.